The van der Waals surface area contributed by atoms with Crippen LogP contribution in [0.2, 0.25) is 0 Å². The van der Waals surface area contributed by atoms with Gasteiger partial charge in [-0.2, -0.15) is 0 Å². The smallest absolute Gasteiger partial charge is 0.166 e. The lowest BCUT2D eigenvalue weighted by Gasteiger charge is -2.19. The molecule has 1 heterocycles. The minimum absolute atomic E-state index is 0.470. The van der Waals surface area contributed by atoms with Gasteiger partial charge in [0.2, 0.25) is 0 Å². The molecule has 1 aliphatic carbocycles. The molecular formula is C15H19F2N3S. The fourth-order valence-corrected chi connectivity index (χ4v) is 2.87. The van der Waals surface area contributed by atoms with E-state index in [-0.39, 0.29) is 0 Å². The first-order valence-electron chi connectivity index (χ1n) is 7.36. The highest BCUT2D eigenvalue weighted by molar-refractivity contribution is 7.80. The van der Waals surface area contributed by atoms with Gasteiger partial charge in [-0.05, 0) is 49.5 Å². The Kier molecular flexibility index (Phi) is 4.24. The van der Waals surface area contributed by atoms with E-state index in [1.807, 2.05) is 0 Å². The van der Waals surface area contributed by atoms with E-state index in [2.05, 4.69) is 15.5 Å². The molecule has 0 spiro atoms. The van der Waals surface area contributed by atoms with Crippen LogP contribution in [0.1, 0.15) is 19.3 Å². The molecule has 1 aromatic rings. The first-order valence-corrected chi connectivity index (χ1v) is 7.77. The number of anilines is 1. The number of nitrogens with one attached hydrogen (secondary N) is 2. The first-order chi connectivity index (χ1) is 10.1. The molecule has 1 atom stereocenters. The van der Waals surface area contributed by atoms with Gasteiger partial charge < -0.3 is 15.5 Å². The molecule has 1 aromatic carbocycles. The molecule has 2 aliphatic rings. The second kappa shape index (κ2) is 6.13. The summed E-state index contributed by atoms with van der Waals surface area (Å²) in [4.78, 5) is 2.09. The number of hydrogen-bond donors (Lipinski definition) is 2. The number of rotatable bonds is 4. The van der Waals surface area contributed by atoms with Crippen molar-refractivity contribution in [1.29, 1.82) is 0 Å². The van der Waals surface area contributed by atoms with Crippen LogP contribution in [-0.4, -0.2) is 30.8 Å². The Bertz CT molecular complexity index is 534. The predicted molar refractivity (Wildman–Crippen MR) is 83.4 cm³/mol. The van der Waals surface area contributed by atoms with E-state index in [9.17, 15) is 8.78 Å². The Hall–Kier alpha value is -1.43. The van der Waals surface area contributed by atoms with Crippen LogP contribution in [0.15, 0.2) is 18.2 Å². The molecule has 1 aliphatic heterocycles. The lowest BCUT2D eigenvalue weighted by Crippen LogP contribution is -2.39. The van der Waals surface area contributed by atoms with Crippen molar-refractivity contribution < 1.29 is 8.78 Å². The maximum Gasteiger partial charge on any atom is 0.166 e. The first kappa shape index (κ1) is 14.5. The highest BCUT2D eigenvalue weighted by Crippen LogP contribution is 2.25. The number of nitrogens with zero attached hydrogens (tertiary/aromatic N) is 1. The number of halogens is 2. The van der Waals surface area contributed by atoms with E-state index < -0.39 is 11.6 Å². The molecule has 114 valence electrons. The molecule has 3 nitrogen and oxygen atoms in total. The molecule has 0 aromatic heterocycles. The van der Waals surface area contributed by atoms with Crippen molar-refractivity contribution in [2.24, 2.45) is 5.92 Å². The van der Waals surface area contributed by atoms with Crippen LogP contribution in [0.25, 0.3) is 0 Å². The summed E-state index contributed by atoms with van der Waals surface area (Å²) in [6, 6.07) is 4.65. The summed E-state index contributed by atoms with van der Waals surface area (Å²) in [5, 5.41) is 7.22. The zero-order chi connectivity index (χ0) is 14.8. The SMILES string of the molecule is Fc1ccc(N2CCC(CNC(=S)NC3CC3)C2)cc1F. The normalized spacial score (nSPS) is 21.4. The van der Waals surface area contributed by atoms with Gasteiger partial charge in [-0.15, -0.1) is 0 Å². The van der Waals surface area contributed by atoms with E-state index in [4.69, 9.17) is 12.2 Å². The van der Waals surface area contributed by atoms with Crippen LogP contribution < -0.4 is 15.5 Å². The van der Waals surface area contributed by atoms with Crippen molar-refractivity contribution in [3.05, 3.63) is 29.8 Å². The molecular weight excluding hydrogens is 292 g/mol. The van der Waals surface area contributed by atoms with Crippen molar-refractivity contribution in [1.82, 2.24) is 10.6 Å². The fraction of sp³-hybridized carbons (Fsp3) is 0.533. The molecule has 1 saturated heterocycles. The van der Waals surface area contributed by atoms with Gasteiger partial charge in [0.05, 0.1) is 0 Å². The van der Waals surface area contributed by atoms with Crippen LogP contribution in [-0.2, 0) is 0 Å². The summed E-state index contributed by atoms with van der Waals surface area (Å²) in [7, 11) is 0. The maximum absolute atomic E-state index is 13.3. The Morgan fingerprint density at radius 2 is 2.05 bits per heavy atom. The fourth-order valence-electron chi connectivity index (χ4n) is 2.62. The van der Waals surface area contributed by atoms with Crippen LogP contribution >= 0.6 is 12.2 Å². The third kappa shape index (κ3) is 3.81. The zero-order valence-corrected chi connectivity index (χ0v) is 12.6. The van der Waals surface area contributed by atoms with Crippen LogP contribution in [0, 0.1) is 17.6 Å². The lowest BCUT2D eigenvalue weighted by molar-refractivity contribution is 0.508. The minimum Gasteiger partial charge on any atom is -0.371 e. The Morgan fingerprint density at radius 1 is 1.24 bits per heavy atom. The number of benzene rings is 1. The largest absolute Gasteiger partial charge is 0.371 e. The Morgan fingerprint density at radius 3 is 2.76 bits per heavy atom. The second-order valence-corrected chi connectivity index (χ2v) is 6.24. The van der Waals surface area contributed by atoms with E-state index in [1.165, 1.54) is 25.0 Å². The van der Waals surface area contributed by atoms with Gasteiger partial charge >= 0.3 is 0 Å². The monoisotopic (exact) mass is 311 g/mol. The van der Waals surface area contributed by atoms with Crippen molar-refractivity contribution in [3.8, 4) is 0 Å². The maximum atomic E-state index is 13.3. The highest BCUT2D eigenvalue weighted by Gasteiger charge is 2.25. The average Bonchev–Trinajstić information content (AvgIpc) is 3.14. The van der Waals surface area contributed by atoms with E-state index in [0.717, 1.165) is 36.9 Å². The number of hydrogen-bond acceptors (Lipinski definition) is 2. The molecule has 1 unspecified atom stereocenters. The van der Waals surface area contributed by atoms with E-state index in [1.54, 1.807) is 6.07 Å². The van der Waals surface area contributed by atoms with Gasteiger partial charge in [0.1, 0.15) is 0 Å². The van der Waals surface area contributed by atoms with E-state index >= 15 is 0 Å². The van der Waals surface area contributed by atoms with Gasteiger partial charge in [0, 0.05) is 37.4 Å². The summed E-state index contributed by atoms with van der Waals surface area (Å²) in [6.45, 7) is 2.52. The highest BCUT2D eigenvalue weighted by atomic mass is 32.1. The lowest BCUT2D eigenvalue weighted by atomic mass is 10.1. The third-order valence-electron chi connectivity index (χ3n) is 4.02. The molecule has 2 N–H and O–H groups in total. The van der Waals surface area contributed by atoms with Crippen LogP contribution in [0.5, 0.6) is 0 Å². The molecule has 0 radical (unpaired) electrons. The Labute approximate surface area is 128 Å². The van der Waals surface area contributed by atoms with Gasteiger partial charge in [-0.25, -0.2) is 8.78 Å². The topological polar surface area (TPSA) is 27.3 Å². The van der Waals surface area contributed by atoms with E-state index in [0.29, 0.717) is 12.0 Å². The van der Waals surface area contributed by atoms with Crippen LogP contribution in [0.3, 0.4) is 0 Å². The van der Waals surface area contributed by atoms with Gasteiger partial charge in [0.25, 0.3) is 0 Å². The van der Waals surface area contributed by atoms with Crippen molar-refractivity contribution in [2.45, 2.75) is 25.3 Å². The van der Waals surface area contributed by atoms with Gasteiger partial charge in [-0.1, -0.05) is 0 Å². The quantitative estimate of drug-likeness (QED) is 0.835. The zero-order valence-electron chi connectivity index (χ0n) is 11.7. The molecule has 3 rings (SSSR count). The van der Waals surface area contributed by atoms with Crippen molar-refractivity contribution in [3.63, 3.8) is 0 Å². The molecule has 0 bridgehead atoms. The number of thiocarbonyl (C=S) groups is 1. The van der Waals surface area contributed by atoms with Gasteiger partial charge in [-0.3, -0.25) is 0 Å². The Balaban J connectivity index is 1.48. The van der Waals surface area contributed by atoms with Crippen molar-refractivity contribution in [2.75, 3.05) is 24.5 Å². The standard InChI is InChI=1S/C15H19F2N3S/c16-13-4-3-12(7-14(13)17)20-6-5-10(9-20)8-18-15(21)19-11-1-2-11/h3-4,7,10-11H,1-2,5-6,8-9H2,(H2,18,19,21). The molecule has 6 heteroatoms. The summed E-state index contributed by atoms with van der Waals surface area (Å²) in [5.41, 5.74) is 0.745. The van der Waals surface area contributed by atoms with Crippen molar-refractivity contribution >= 4 is 23.0 Å². The van der Waals surface area contributed by atoms with Gasteiger partial charge in [0.15, 0.2) is 16.7 Å². The second-order valence-electron chi connectivity index (χ2n) is 5.83. The molecule has 0 amide bonds. The molecule has 21 heavy (non-hydrogen) atoms. The average molecular weight is 311 g/mol. The minimum atomic E-state index is -0.798. The predicted octanol–water partition coefficient (Wildman–Crippen LogP) is 2.42. The van der Waals surface area contributed by atoms with Crippen LogP contribution in [0.4, 0.5) is 14.5 Å². The molecule has 2 fully saturated rings. The molecule has 1 saturated carbocycles. The summed E-state index contributed by atoms with van der Waals surface area (Å²) >= 11 is 5.23. The summed E-state index contributed by atoms with van der Waals surface area (Å²) in [5.74, 6) is -1.12. The third-order valence-corrected chi connectivity index (χ3v) is 4.28. The summed E-state index contributed by atoms with van der Waals surface area (Å²) in [6.07, 6.45) is 3.43. The summed E-state index contributed by atoms with van der Waals surface area (Å²) < 4.78 is 26.2.